The van der Waals surface area contributed by atoms with Gasteiger partial charge in [0.25, 0.3) is 0 Å². The number of hydrogen-bond donors (Lipinski definition) is 1. The van der Waals surface area contributed by atoms with Crippen LogP contribution in [0.25, 0.3) is 0 Å². The lowest BCUT2D eigenvalue weighted by molar-refractivity contribution is -0.232. The van der Waals surface area contributed by atoms with E-state index < -0.39 is 49.8 Å². The Bertz CT molecular complexity index is 220. The van der Waals surface area contributed by atoms with Gasteiger partial charge < -0.3 is 5.11 Å². The molecule has 0 aromatic carbocycles. The smallest absolute Gasteiger partial charge is 0.389 e. The molecule has 0 spiro atoms. The van der Waals surface area contributed by atoms with Crippen molar-refractivity contribution >= 4 is 0 Å². The van der Waals surface area contributed by atoms with Crippen LogP contribution in [0.15, 0.2) is 0 Å². The molecular formula is C8H9F9O. The van der Waals surface area contributed by atoms with Gasteiger partial charge in [0.05, 0.1) is 19.3 Å². The lowest BCUT2D eigenvalue weighted by atomic mass is 9.78. The van der Waals surface area contributed by atoms with E-state index >= 15 is 0 Å². The Morgan fingerprint density at radius 1 is 0.556 bits per heavy atom. The van der Waals surface area contributed by atoms with Gasteiger partial charge in [0, 0.05) is 12.0 Å². The van der Waals surface area contributed by atoms with Crippen LogP contribution >= 0.6 is 0 Å². The van der Waals surface area contributed by atoms with Crippen molar-refractivity contribution in [1.29, 1.82) is 0 Å². The van der Waals surface area contributed by atoms with E-state index in [-0.39, 0.29) is 0 Å². The first-order valence-electron chi connectivity index (χ1n) is 4.49. The summed E-state index contributed by atoms with van der Waals surface area (Å²) in [5, 5.41) is 8.57. The molecule has 0 heterocycles. The average Bonchev–Trinajstić information content (AvgIpc) is 1.93. The van der Waals surface area contributed by atoms with Gasteiger partial charge in [0.15, 0.2) is 0 Å². The van der Waals surface area contributed by atoms with Crippen molar-refractivity contribution in [2.24, 2.45) is 5.41 Å². The summed E-state index contributed by atoms with van der Waals surface area (Å²) in [6.45, 7) is -1.86. The molecule has 0 unspecified atom stereocenters. The van der Waals surface area contributed by atoms with E-state index in [0.717, 1.165) is 0 Å². The van der Waals surface area contributed by atoms with Crippen molar-refractivity contribution in [1.82, 2.24) is 0 Å². The van der Waals surface area contributed by atoms with Gasteiger partial charge in [-0.05, 0) is 0 Å². The maximum absolute atomic E-state index is 12.0. The molecule has 1 nitrogen and oxygen atoms in total. The monoisotopic (exact) mass is 292 g/mol. The summed E-state index contributed by atoms with van der Waals surface area (Å²) in [7, 11) is 0. The van der Waals surface area contributed by atoms with Crippen LogP contribution in [0.2, 0.25) is 0 Å². The highest BCUT2D eigenvalue weighted by Gasteiger charge is 2.53. The maximum Gasteiger partial charge on any atom is 0.389 e. The van der Waals surface area contributed by atoms with Crippen LogP contribution in [-0.4, -0.2) is 30.2 Å². The predicted molar refractivity (Wildman–Crippen MR) is 41.5 cm³/mol. The fourth-order valence-electron chi connectivity index (χ4n) is 1.63. The van der Waals surface area contributed by atoms with E-state index in [0.29, 0.717) is 0 Å². The lowest BCUT2D eigenvalue weighted by Gasteiger charge is -2.34. The molecule has 0 aliphatic heterocycles. The third kappa shape index (κ3) is 7.62. The number of halogens is 9. The summed E-state index contributed by atoms with van der Waals surface area (Å²) in [5.41, 5.74) is -3.32. The van der Waals surface area contributed by atoms with Gasteiger partial charge in [-0.15, -0.1) is 0 Å². The zero-order chi connectivity index (χ0) is 14.8. The van der Waals surface area contributed by atoms with Crippen LogP contribution in [0.3, 0.4) is 0 Å². The molecule has 0 rings (SSSR count). The minimum atomic E-state index is -5.24. The highest BCUT2D eigenvalue weighted by Crippen LogP contribution is 2.47. The number of aliphatic hydroxyl groups excluding tert-OH is 1. The van der Waals surface area contributed by atoms with Gasteiger partial charge >= 0.3 is 18.5 Å². The quantitative estimate of drug-likeness (QED) is 0.781. The largest absolute Gasteiger partial charge is 0.396 e. The van der Waals surface area contributed by atoms with Crippen molar-refractivity contribution in [2.45, 2.75) is 37.8 Å². The Labute approximate surface area is 95.6 Å². The highest BCUT2D eigenvalue weighted by molar-refractivity contribution is 4.86. The van der Waals surface area contributed by atoms with Gasteiger partial charge in [-0.25, -0.2) is 0 Å². The SMILES string of the molecule is OCC(CC(F)(F)F)(CC(F)(F)F)CC(F)(F)F. The zero-order valence-corrected chi connectivity index (χ0v) is 8.68. The van der Waals surface area contributed by atoms with Crippen LogP contribution in [0, 0.1) is 5.41 Å². The molecule has 0 fully saturated rings. The zero-order valence-electron chi connectivity index (χ0n) is 8.68. The minimum absolute atomic E-state index is 1.86. The summed E-state index contributed by atoms with van der Waals surface area (Å²) in [5.74, 6) is 0. The molecule has 0 atom stereocenters. The number of hydrogen-bond acceptors (Lipinski definition) is 1. The Hall–Kier alpha value is -0.670. The summed E-state index contributed by atoms with van der Waals surface area (Å²) < 4.78 is 108. The maximum atomic E-state index is 12.0. The first kappa shape index (κ1) is 17.3. The number of rotatable bonds is 4. The van der Waals surface area contributed by atoms with Crippen molar-refractivity contribution in [3.63, 3.8) is 0 Å². The molecule has 110 valence electrons. The van der Waals surface area contributed by atoms with E-state index in [1.165, 1.54) is 0 Å². The Morgan fingerprint density at radius 2 is 0.778 bits per heavy atom. The molecule has 0 aliphatic carbocycles. The predicted octanol–water partition coefficient (Wildman–Crippen LogP) is 3.82. The van der Waals surface area contributed by atoms with Crippen LogP contribution in [0.1, 0.15) is 19.3 Å². The van der Waals surface area contributed by atoms with Crippen molar-refractivity contribution in [3.05, 3.63) is 0 Å². The molecule has 0 aliphatic rings. The molecule has 0 saturated carbocycles. The molecular weight excluding hydrogens is 283 g/mol. The van der Waals surface area contributed by atoms with Gasteiger partial charge in [-0.1, -0.05) is 0 Å². The second-order valence-electron chi connectivity index (χ2n) is 4.03. The summed E-state index contributed by atoms with van der Waals surface area (Å²) in [4.78, 5) is 0. The van der Waals surface area contributed by atoms with Crippen LogP contribution in [0.5, 0.6) is 0 Å². The Morgan fingerprint density at radius 3 is 0.889 bits per heavy atom. The molecule has 18 heavy (non-hydrogen) atoms. The third-order valence-corrected chi connectivity index (χ3v) is 2.06. The molecule has 0 bridgehead atoms. The van der Waals surface area contributed by atoms with E-state index in [2.05, 4.69) is 0 Å². The molecule has 10 heteroatoms. The van der Waals surface area contributed by atoms with Crippen LogP contribution < -0.4 is 0 Å². The molecule has 0 amide bonds. The van der Waals surface area contributed by atoms with Gasteiger partial charge in [-0.2, -0.15) is 39.5 Å². The average molecular weight is 292 g/mol. The minimum Gasteiger partial charge on any atom is -0.396 e. The third-order valence-electron chi connectivity index (χ3n) is 2.06. The van der Waals surface area contributed by atoms with Crippen molar-refractivity contribution in [2.75, 3.05) is 6.61 Å². The molecule has 0 saturated heterocycles. The first-order chi connectivity index (χ1) is 7.68. The second kappa shape index (κ2) is 5.14. The van der Waals surface area contributed by atoms with E-state index in [1.54, 1.807) is 0 Å². The van der Waals surface area contributed by atoms with Gasteiger partial charge in [0.2, 0.25) is 0 Å². The van der Waals surface area contributed by atoms with Gasteiger partial charge in [0.1, 0.15) is 0 Å². The van der Waals surface area contributed by atoms with E-state index in [9.17, 15) is 39.5 Å². The Kier molecular flexibility index (Phi) is 4.95. The number of aliphatic hydroxyl groups is 1. The normalized spacial score (nSPS) is 15.0. The summed E-state index contributed by atoms with van der Waals surface area (Å²) in [6, 6.07) is 0. The summed E-state index contributed by atoms with van der Waals surface area (Å²) in [6.07, 6.45) is -22.8. The van der Waals surface area contributed by atoms with E-state index in [1.807, 2.05) is 0 Å². The molecule has 0 aromatic rings. The fourth-order valence-corrected chi connectivity index (χ4v) is 1.63. The Balaban J connectivity index is 5.20. The standard InChI is InChI=1S/C8H9F9O/c9-6(10,11)1-5(4-18,2-7(12,13)14)3-8(15,16)17/h18H,1-4H2. The lowest BCUT2D eigenvalue weighted by Crippen LogP contribution is -2.39. The highest BCUT2D eigenvalue weighted by atomic mass is 19.4. The molecule has 0 radical (unpaired) electrons. The molecule has 1 N–H and O–H groups in total. The van der Waals surface area contributed by atoms with E-state index in [4.69, 9.17) is 5.11 Å². The first-order valence-corrected chi connectivity index (χ1v) is 4.49. The summed E-state index contributed by atoms with van der Waals surface area (Å²) >= 11 is 0. The number of alkyl halides is 9. The fraction of sp³-hybridized carbons (Fsp3) is 1.00. The topological polar surface area (TPSA) is 20.2 Å². The van der Waals surface area contributed by atoms with Crippen molar-refractivity contribution < 1.29 is 44.6 Å². The van der Waals surface area contributed by atoms with Crippen LogP contribution in [0.4, 0.5) is 39.5 Å². The van der Waals surface area contributed by atoms with Crippen molar-refractivity contribution in [3.8, 4) is 0 Å². The van der Waals surface area contributed by atoms with Gasteiger partial charge in [-0.3, -0.25) is 0 Å². The molecule has 0 aromatic heterocycles. The second-order valence-corrected chi connectivity index (χ2v) is 4.03. The van der Waals surface area contributed by atoms with Crippen LogP contribution in [-0.2, 0) is 0 Å².